The maximum absolute atomic E-state index is 12.1. The van der Waals surface area contributed by atoms with Crippen LogP contribution in [0.15, 0.2) is 0 Å². The molecule has 1 fully saturated rings. The Morgan fingerprint density at radius 2 is 1.95 bits per heavy atom. The van der Waals surface area contributed by atoms with E-state index in [0.717, 1.165) is 39.0 Å². The number of carbonyl (C=O) groups is 1. The first-order valence-electron chi connectivity index (χ1n) is 7.78. The van der Waals surface area contributed by atoms with Gasteiger partial charge in [0.05, 0.1) is 18.2 Å². The third-order valence-corrected chi connectivity index (χ3v) is 4.08. The number of piperazine rings is 1. The van der Waals surface area contributed by atoms with Crippen LogP contribution in [0.2, 0.25) is 0 Å². The number of nitrogens with zero attached hydrogens (tertiary/aromatic N) is 3. The van der Waals surface area contributed by atoms with Gasteiger partial charge in [-0.15, -0.1) is 0 Å². The van der Waals surface area contributed by atoms with Gasteiger partial charge in [-0.1, -0.05) is 6.92 Å². The van der Waals surface area contributed by atoms with Crippen LogP contribution in [0.1, 0.15) is 26.7 Å². The van der Waals surface area contributed by atoms with E-state index in [4.69, 9.17) is 10.00 Å². The van der Waals surface area contributed by atoms with E-state index in [9.17, 15) is 4.79 Å². The molecule has 6 heteroatoms. The van der Waals surface area contributed by atoms with Gasteiger partial charge in [0, 0.05) is 46.4 Å². The van der Waals surface area contributed by atoms with Gasteiger partial charge >= 0.3 is 0 Å². The minimum Gasteiger partial charge on any atom is -0.385 e. The van der Waals surface area contributed by atoms with Gasteiger partial charge in [-0.05, 0) is 19.8 Å². The van der Waals surface area contributed by atoms with Gasteiger partial charge in [-0.2, -0.15) is 5.26 Å². The molecule has 21 heavy (non-hydrogen) atoms. The second-order valence-corrected chi connectivity index (χ2v) is 5.44. The summed E-state index contributed by atoms with van der Waals surface area (Å²) in [4.78, 5) is 16.5. The number of rotatable bonds is 8. The maximum atomic E-state index is 12.1. The fraction of sp³-hybridized carbons (Fsp3) is 0.867. The second kappa shape index (κ2) is 9.72. The van der Waals surface area contributed by atoms with E-state index in [-0.39, 0.29) is 18.0 Å². The zero-order valence-electron chi connectivity index (χ0n) is 13.5. The number of amides is 1. The molecule has 0 aliphatic carbocycles. The van der Waals surface area contributed by atoms with E-state index >= 15 is 0 Å². The minimum atomic E-state index is -0.114. The molecule has 1 aliphatic heterocycles. The molecule has 0 bridgehead atoms. The van der Waals surface area contributed by atoms with Crippen molar-refractivity contribution in [2.75, 3.05) is 46.4 Å². The van der Waals surface area contributed by atoms with Gasteiger partial charge in [0.15, 0.2) is 0 Å². The van der Waals surface area contributed by atoms with E-state index in [0.29, 0.717) is 13.2 Å². The third kappa shape index (κ3) is 5.62. The Kier molecular flexibility index (Phi) is 8.28. The maximum Gasteiger partial charge on any atom is 0.237 e. The number of methoxy groups -OCH3 is 1. The summed E-state index contributed by atoms with van der Waals surface area (Å²) in [6.45, 7) is 8.69. The van der Waals surface area contributed by atoms with E-state index in [1.165, 1.54) is 0 Å². The van der Waals surface area contributed by atoms with Crippen molar-refractivity contribution in [2.24, 2.45) is 0 Å². The third-order valence-electron chi connectivity index (χ3n) is 4.08. The molecule has 1 heterocycles. The van der Waals surface area contributed by atoms with Crippen LogP contribution in [0.3, 0.4) is 0 Å². The minimum absolute atomic E-state index is 0.00493. The Bertz CT molecular complexity index is 348. The monoisotopic (exact) mass is 296 g/mol. The zero-order valence-corrected chi connectivity index (χ0v) is 13.5. The van der Waals surface area contributed by atoms with Gasteiger partial charge in [0.2, 0.25) is 5.91 Å². The van der Waals surface area contributed by atoms with E-state index in [2.05, 4.69) is 21.2 Å². The molecule has 2 unspecified atom stereocenters. The van der Waals surface area contributed by atoms with Crippen molar-refractivity contribution in [2.45, 2.75) is 38.8 Å². The van der Waals surface area contributed by atoms with Crippen LogP contribution in [0.4, 0.5) is 0 Å². The molecule has 2 atom stereocenters. The molecule has 1 amide bonds. The van der Waals surface area contributed by atoms with Crippen molar-refractivity contribution in [1.82, 2.24) is 15.1 Å². The summed E-state index contributed by atoms with van der Waals surface area (Å²) in [6, 6.07) is 2.24. The Hall–Kier alpha value is -1.16. The molecular weight excluding hydrogens is 268 g/mol. The molecule has 0 radical (unpaired) electrons. The van der Waals surface area contributed by atoms with Crippen LogP contribution in [0.5, 0.6) is 0 Å². The molecule has 120 valence electrons. The van der Waals surface area contributed by atoms with Crippen molar-refractivity contribution < 1.29 is 9.53 Å². The molecule has 0 aromatic heterocycles. The first kappa shape index (κ1) is 17.9. The molecule has 1 N–H and O–H groups in total. The van der Waals surface area contributed by atoms with Crippen LogP contribution < -0.4 is 5.32 Å². The molecule has 1 saturated heterocycles. The Labute approximate surface area is 128 Å². The summed E-state index contributed by atoms with van der Waals surface area (Å²) in [6.07, 6.45) is 1.69. The highest BCUT2D eigenvalue weighted by molar-refractivity contribution is 5.81. The topological polar surface area (TPSA) is 68.6 Å². The smallest absolute Gasteiger partial charge is 0.237 e. The normalized spacial score (nSPS) is 19.7. The lowest BCUT2D eigenvalue weighted by atomic mass is 10.1. The quantitative estimate of drug-likeness (QED) is 0.659. The molecule has 0 aromatic carbocycles. The Morgan fingerprint density at radius 3 is 2.48 bits per heavy atom. The zero-order chi connectivity index (χ0) is 15.7. The number of nitriles is 1. The first-order valence-corrected chi connectivity index (χ1v) is 7.78. The summed E-state index contributed by atoms with van der Waals surface area (Å²) in [7, 11) is 1.66. The average Bonchev–Trinajstić information content (AvgIpc) is 2.52. The highest BCUT2D eigenvalue weighted by Gasteiger charge is 2.27. The number of carbonyl (C=O) groups excluding carboxylic acids is 1. The Morgan fingerprint density at radius 1 is 1.33 bits per heavy atom. The van der Waals surface area contributed by atoms with E-state index in [1.807, 2.05) is 13.8 Å². The predicted octanol–water partition coefficient (Wildman–Crippen LogP) is 0.447. The van der Waals surface area contributed by atoms with Crippen LogP contribution in [-0.2, 0) is 9.53 Å². The van der Waals surface area contributed by atoms with Crippen molar-refractivity contribution >= 4 is 5.91 Å². The number of hydrogen-bond acceptors (Lipinski definition) is 5. The van der Waals surface area contributed by atoms with Crippen LogP contribution >= 0.6 is 0 Å². The summed E-state index contributed by atoms with van der Waals surface area (Å²) in [5.74, 6) is 0.0758. The second-order valence-electron chi connectivity index (χ2n) is 5.44. The lowest BCUT2D eigenvalue weighted by Gasteiger charge is -2.38. The van der Waals surface area contributed by atoms with E-state index < -0.39 is 0 Å². The lowest BCUT2D eigenvalue weighted by Crippen LogP contribution is -2.55. The molecular formula is C15H28N4O2. The van der Waals surface area contributed by atoms with Crippen LogP contribution in [0, 0.1) is 11.3 Å². The van der Waals surface area contributed by atoms with Crippen LogP contribution in [-0.4, -0.2) is 74.2 Å². The van der Waals surface area contributed by atoms with Crippen molar-refractivity contribution in [3.05, 3.63) is 0 Å². The molecule has 1 rings (SSSR count). The van der Waals surface area contributed by atoms with Gasteiger partial charge in [0.25, 0.3) is 0 Å². The standard InChI is InChI=1S/C15H28N4O2/c1-4-14(12-16)19-9-7-18(8-10-19)13(2)15(20)17-6-5-11-21-3/h13-14H,4-11H2,1-3H3,(H,17,20). The molecule has 0 saturated carbocycles. The Balaban J connectivity index is 2.32. The van der Waals surface area contributed by atoms with Crippen molar-refractivity contribution in [3.8, 4) is 6.07 Å². The fourth-order valence-corrected chi connectivity index (χ4v) is 2.61. The van der Waals surface area contributed by atoms with E-state index in [1.54, 1.807) is 7.11 Å². The summed E-state index contributed by atoms with van der Waals surface area (Å²) in [5, 5.41) is 12.0. The SMILES string of the molecule is CCC(C#N)N1CCN(C(C)C(=O)NCCCOC)CC1. The highest BCUT2D eigenvalue weighted by atomic mass is 16.5. The number of nitrogens with one attached hydrogen (secondary N) is 1. The lowest BCUT2D eigenvalue weighted by molar-refractivity contribution is -0.126. The van der Waals surface area contributed by atoms with Gasteiger partial charge in [-0.25, -0.2) is 0 Å². The number of hydrogen-bond donors (Lipinski definition) is 1. The van der Waals surface area contributed by atoms with Crippen LogP contribution in [0.25, 0.3) is 0 Å². The van der Waals surface area contributed by atoms with Gasteiger partial charge in [-0.3, -0.25) is 14.6 Å². The molecule has 6 nitrogen and oxygen atoms in total. The van der Waals surface area contributed by atoms with Crippen molar-refractivity contribution in [1.29, 1.82) is 5.26 Å². The molecule has 1 aliphatic rings. The molecule has 0 spiro atoms. The first-order chi connectivity index (χ1) is 10.1. The average molecular weight is 296 g/mol. The van der Waals surface area contributed by atoms with Gasteiger partial charge in [0.1, 0.15) is 0 Å². The van der Waals surface area contributed by atoms with Gasteiger partial charge < -0.3 is 10.1 Å². The largest absolute Gasteiger partial charge is 0.385 e. The predicted molar refractivity (Wildman–Crippen MR) is 81.8 cm³/mol. The highest BCUT2D eigenvalue weighted by Crippen LogP contribution is 2.11. The van der Waals surface area contributed by atoms with Crippen molar-refractivity contribution in [3.63, 3.8) is 0 Å². The molecule has 0 aromatic rings. The summed E-state index contributed by atoms with van der Waals surface area (Å²) >= 11 is 0. The summed E-state index contributed by atoms with van der Waals surface area (Å²) < 4.78 is 4.96. The number of ether oxygens (including phenoxy) is 1. The fourth-order valence-electron chi connectivity index (χ4n) is 2.61. The summed E-state index contributed by atoms with van der Waals surface area (Å²) in [5.41, 5.74) is 0.